The van der Waals surface area contributed by atoms with Crippen LogP contribution in [0, 0.1) is 6.92 Å². The van der Waals surface area contributed by atoms with E-state index in [9.17, 15) is 4.79 Å². The van der Waals surface area contributed by atoms with Crippen LogP contribution in [0.2, 0.25) is 0 Å². The molecule has 5 nitrogen and oxygen atoms in total. The molecule has 1 fully saturated rings. The topological polar surface area (TPSA) is 42.0 Å². The number of benzene rings is 2. The fourth-order valence-electron chi connectivity index (χ4n) is 3.67. The third kappa shape index (κ3) is 4.35. The third-order valence-corrected chi connectivity index (χ3v) is 5.18. The van der Waals surface area contributed by atoms with Crippen LogP contribution in [-0.2, 0) is 11.2 Å². The van der Waals surface area contributed by atoms with Crippen LogP contribution in [0.4, 0.5) is 5.69 Å². The van der Waals surface area contributed by atoms with Crippen LogP contribution in [-0.4, -0.2) is 51.2 Å². The lowest BCUT2D eigenvalue weighted by atomic mass is 10.1. The molecule has 2 aromatic rings. The average molecular weight is 368 g/mol. The van der Waals surface area contributed by atoms with Gasteiger partial charge in [-0.25, -0.2) is 0 Å². The number of methoxy groups -OCH3 is 2. The SMILES string of the molecule is COc1cccc(CCC(=O)N2CCN(c3ccccc3C)CC2)c1OC. The van der Waals surface area contributed by atoms with Crippen LogP contribution >= 0.6 is 0 Å². The molecular weight excluding hydrogens is 340 g/mol. The van der Waals surface area contributed by atoms with Gasteiger partial charge in [0.15, 0.2) is 11.5 Å². The number of carbonyl (C=O) groups excluding carboxylic acids is 1. The Morgan fingerprint density at radius 1 is 0.963 bits per heavy atom. The number of para-hydroxylation sites is 2. The average Bonchev–Trinajstić information content (AvgIpc) is 2.72. The van der Waals surface area contributed by atoms with Crippen molar-refractivity contribution in [3.8, 4) is 11.5 Å². The first-order chi connectivity index (χ1) is 13.1. The summed E-state index contributed by atoms with van der Waals surface area (Å²) in [6, 6.07) is 14.2. The molecule has 27 heavy (non-hydrogen) atoms. The first-order valence-electron chi connectivity index (χ1n) is 9.42. The maximum atomic E-state index is 12.7. The Morgan fingerprint density at radius 3 is 2.37 bits per heavy atom. The fraction of sp³-hybridized carbons (Fsp3) is 0.409. The van der Waals surface area contributed by atoms with Crippen molar-refractivity contribution in [3.63, 3.8) is 0 Å². The number of anilines is 1. The minimum atomic E-state index is 0.198. The van der Waals surface area contributed by atoms with Gasteiger partial charge in [0, 0.05) is 38.3 Å². The maximum Gasteiger partial charge on any atom is 0.223 e. The van der Waals surface area contributed by atoms with Gasteiger partial charge in [0.25, 0.3) is 0 Å². The highest BCUT2D eigenvalue weighted by molar-refractivity contribution is 5.77. The normalized spacial score (nSPS) is 14.2. The summed E-state index contributed by atoms with van der Waals surface area (Å²) in [4.78, 5) is 17.0. The molecule has 0 N–H and O–H groups in total. The summed E-state index contributed by atoms with van der Waals surface area (Å²) in [5.41, 5.74) is 3.55. The Morgan fingerprint density at radius 2 is 1.70 bits per heavy atom. The Kier molecular flexibility index (Phi) is 6.22. The Balaban J connectivity index is 1.55. The van der Waals surface area contributed by atoms with E-state index >= 15 is 0 Å². The second kappa shape index (κ2) is 8.80. The molecular formula is C22H28N2O3. The van der Waals surface area contributed by atoms with Crippen molar-refractivity contribution in [3.05, 3.63) is 53.6 Å². The van der Waals surface area contributed by atoms with Crippen LogP contribution in [0.3, 0.4) is 0 Å². The van der Waals surface area contributed by atoms with Gasteiger partial charge >= 0.3 is 0 Å². The Hall–Kier alpha value is -2.69. The molecule has 0 unspecified atom stereocenters. The number of nitrogens with zero attached hydrogens (tertiary/aromatic N) is 2. The van der Waals surface area contributed by atoms with Gasteiger partial charge in [-0.05, 0) is 36.6 Å². The summed E-state index contributed by atoms with van der Waals surface area (Å²) in [5, 5.41) is 0. The summed E-state index contributed by atoms with van der Waals surface area (Å²) in [5.74, 6) is 1.62. The number of rotatable bonds is 6. The van der Waals surface area contributed by atoms with Crippen molar-refractivity contribution in [1.29, 1.82) is 0 Å². The van der Waals surface area contributed by atoms with Crippen molar-refractivity contribution in [2.24, 2.45) is 0 Å². The smallest absolute Gasteiger partial charge is 0.223 e. The summed E-state index contributed by atoms with van der Waals surface area (Å²) < 4.78 is 10.8. The van der Waals surface area contributed by atoms with Gasteiger partial charge in [-0.1, -0.05) is 30.3 Å². The van der Waals surface area contributed by atoms with Gasteiger partial charge in [-0.2, -0.15) is 0 Å². The van der Waals surface area contributed by atoms with E-state index in [0.29, 0.717) is 18.6 Å². The predicted molar refractivity (Wildman–Crippen MR) is 108 cm³/mol. The first kappa shape index (κ1) is 19.1. The molecule has 1 heterocycles. The molecule has 5 heteroatoms. The summed E-state index contributed by atoms with van der Waals surface area (Å²) in [7, 11) is 3.26. The highest BCUT2D eigenvalue weighted by atomic mass is 16.5. The number of aryl methyl sites for hydroxylation is 2. The largest absolute Gasteiger partial charge is 0.493 e. The Bertz CT molecular complexity index is 783. The first-order valence-corrected chi connectivity index (χ1v) is 9.42. The minimum absolute atomic E-state index is 0.198. The molecule has 0 aliphatic carbocycles. The predicted octanol–water partition coefficient (Wildman–Crippen LogP) is 3.29. The van der Waals surface area contributed by atoms with Crippen LogP contribution in [0.5, 0.6) is 11.5 Å². The number of hydrogen-bond acceptors (Lipinski definition) is 4. The zero-order valence-corrected chi connectivity index (χ0v) is 16.4. The molecule has 1 aliphatic heterocycles. The van der Waals surface area contributed by atoms with E-state index in [-0.39, 0.29) is 5.91 Å². The van der Waals surface area contributed by atoms with E-state index in [0.717, 1.165) is 37.5 Å². The zero-order valence-electron chi connectivity index (χ0n) is 16.4. The molecule has 2 aromatic carbocycles. The highest BCUT2D eigenvalue weighted by Crippen LogP contribution is 2.31. The van der Waals surface area contributed by atoms with Crippen molar-refractivity contribution in [2.75, 3.05) is 45.3 Å². The molecule has 144 valence electrons. The lowest BCUT2D eigenvalue weighted by molar-refractivity contribution is -0.131. The molecule has 1 amide bonds. The van der Waals surface area contributed by atoms with E-state index in [1.54, 1.807) is 14.2 Å². The quantitative estimate of drug-likeness (QED) is 0.785. The maximum absolute atomic E-state index is 12.7. The van der Waals surface area contributed by atoms with E-state index in [4.69, 9.17) is 9.47 Å². The van der Waals surface area contributed by atoms with Gasteiger partial charge in [-0.3, -0.25) is 4.79 Å². The fourth-order valence-corrected chi connectivity index (χ4v) is 3.67. The van der Waals surface area contributed by atoms with Crippen LogP contribution in [0.25, 0.3) is 0 Å². The van der Waals surface area contributed by atoms with Crippen molar-refractivity contribution in [1.82, 2.24) is 4.90 Å². The second-order valence-corrected chi connectivity index (χ2v) is 6.81. The van der Waals surface area contributed by atoms with Gasteiger partial charge in [0.05, 0.1) is 14.2 Å². The number of amides is 1. The van der Waals surface area contributed by atoms with Crippen LogP contribution in [0.1, 0.15) is 17.5 Å². The molecule has 1 saturated heterocycles. The van der Waals surface area contributed by atoms with Crippen molar-refractivity contribution in [2.45, 2.75) is 19.8 Å². The van der Waals surface area contributed by atoms with Crippen molar-refractivity contribution < 1.29 is 14.3 Å². The number of hydrogen-bond donors (Lipinski definition) is 0. The van der Waals surface area contributed by atoms with Crippen LogP contribution < -0.4 is 14.4 Å². The molecule has 0 spiro atoms. The third-order valence-electron chi connectivity index (χ3n) is 5.18. The van der Waals surface area contributed by atoms with E-state index < -0.39 is 0 Å². The number of piperazine rings is 1. The van der Waals surface area contributed by atoms with Gasteiger partial charge in [0.1, 0.15) is 0 Å². The number of ether oxygens (including phenoxy) is 2. The zero-order chi connectivity index (χ0) is 19.2. The van der Waals surface area contributed by atoms with E-state index in [1.165, 1.54) is 11.3 Å². The lowest BCUT2D eigenvalue weighted by Crippen LogP contribution is -2.49. The number of carbonyl (C=O) groups is 1. The molecule has 0 bridgehead atoms. The van der Waals surface area contributed by atoms with E-state index in [1.807, 2.05) is 23.1 Å². The standard InChI is InChI=1S/C22H28N2O3/c1-17-7-4-5-9-19(17)23-13-15-24(16-14-23)21(25)12-11-18-8-6-10-20(26-2)22(18)27-3/h4-10H,11-16H2,1-3H3. The Labute approximate surface area is 161 Å². The highest BCUT2D eigenvalue weighted by Gasteiger charge is 2.22. The molecule has 3 rings (SSSR count). The molecule has 1 aliphatic rings. The molecule has 0 aromatic heterocycles. The van der Waals surface area contributed by atoms with Gasteiger partial charge in [-0.15, -0.1) is 0 Å². The minimum Gasteiger partial charge on any atom is -0.493 e. The van der Waals surface area contributed by atoms with E-state index in [2.05, 4.69) is 36.1 Å². The molecule has 0 atom stereocenters. The molecule has 0 saturated carbocycles. The molecule has 0 radical (unpaired) electrons. The van der Waals surface area contributed by atoms with Gasteiger partial charge in [0.2, 0.25) is 5.91 Å². The summed E-state index contributed by atoms with van der Waals surface area (Å²) in [6.45, 7) is 5.41. The van der Waals surface area contributed by atoms with Crippen LogP contribution in [0.15, 0.2) is 42.5 Å². The van der Waals surface area contributed by atoms with Gasteiger partial charge < -0.3 is 19.3 Å². The summed E-state index contributed by atoms with van der Waals surface area (Å²) in [6.07, 6.45) is 1.13. The monoisotopic (exact) mass is 368 g/mol. The lowest BCUT2D eigenvalue weighted by Gasteiger charge is -2.37. The van der Waals surface area contributed by atoms with Crippen molar-refractivity contribution >= 4 is 11.6 Å². The summed E-state index contributed by atoms with van der Waals surface area (Å²) >= 11 is 0. The second-order valence-electron chi connectivity index (χ2n) is 6.81.